The van der Waals surface area contributed by atoms with E-state index in [9.17, 15) is 0 Å². The van der Waals surface area contributed by atoms with Gasteiger partial charge in [0.05, 0.1) is 0 Å². The Morgan fingerprint density at radius 2 is 1.16 bits per heavy atom. The Morgan fingerprint density at radius 3 is 1.81 bits per heavy atom. The van der Waals surface area contributed by atoms with Crippen molar-refractivity contribution in [3.8, 4) is 22.3 Å². The summed E-state index contributed by atoms with van der Waals surface area (Å²) in [7, 11) is 0. The number of aromatic nitrogens is 1. The SMILES string of the molecule is CC(C)(C)c1cccc(-c2cccc(CC(C)(C)c3cccc(-c4cccnc4)c3)c2)c1. The molecule has 1 heteroatoms. The first-order valence-corrected chi connectivity index (χ1v) is 11.4. The molecule has 32 heavy (non-hydrogen) atoms. The van der Waals surface area contributed by atoms with Gasteiger partial charge >= 0.3 is 0 Å². The van der Waals surface area contributed by atoms with Crippen LogP contribution in [0.5, 0.6) is 0 Å². The molecule has 4 aromatic rings. The van der Waals surface area contributed by atoms with E-state index in [-0.39, 0.29) is 10.8 Å². The van der Waals surface area contributed by atoms with Crippen molar-refractivity contribution in [3.63, 3.8) is 0 Å². The summed E-state index contributed by atoms with van der Waals surface area (Å²) in [4.78, 5) is 4.28. The average Bonchev–Trinajstić information content (AvgIpc) is 2.79. The molecule has 0 aliphatic carbocycles. The quantitative estimate of drug-likeness (QED) is 0.317. The topological polar surface area (TPSA) is 12.9 Å². The third-order valence-corrected chi connectivity index (χ3v) is 6.27. The van der Waals surface area contributed by atoms with Crippen molar-refractivity contribution in [2.45, 2.75) is 51.9 Å². The van der Waals surface area contributed by atoms with Crippen LogP contribution in [0.4, 0.5) is 0 Å². The van der Waals surface area contributed by atoms with Crippen LogP contribution in [-0.2, 0) is 17.3 Å². The van der Waals surface area contributed by atoms with Crippen molar-refractivity contribution < 1.29 is 0 Å². The molecule has 0 amide bonds. The maximum atomic E-state index is 4.28. The molecule has 0 unspecified atom stereocenters. The molecule has 0 atom stereocenters. The summed E-state index contributed by atoms with van der Waals surface area (Å²) in [6, 6.07) is 31.0. The van der Waals surface area contributed by atoms with Crippen LogP contribution >= 0.6 is 0 Å². The van der Waals surface area contributed by atoms with E-state index in [2.05, 4.69) is 118 Å². The first-order chi connectivity index (χ1) is 15.2. The van der Waals surface area contributed by atoms with Gasteiger partial charge in [-0.25, -0.2) is 0 Å². The minimum atomic E-state index is 0.0180. The van der Waals surface area contributed by atoms with E-state index < -0.39 is 0 Å². The van der Waals surface area contributed by atoms with Crippen molar-refractivity contribution >= 4 is 0 Å². The zero-order valence-corrected chi connectivity index (χ0v) is 19.9. The van der Waals surface area contributed by atoms with Gasteiger partial charge in [0.15, 0.2) is 0 Å². The second-order valence-corrected chi connectivity index (χ2v) is 10.4. The first kappa shape index (κ1) is 22.0. The molecule has 1 aromatic heterocycles. The van der Waals surface area contributed by atoms with Gasteiger partial charge in [-0.15, -0.1) is 0 Å². The first-order valence-electron chi connectivity index (χ1n) is 11.4. The van der Waals surface area contributed by atoms with E-state index in [1.165, 1.54) is 33.4 Å². The molecule has 0 radical (unpaired) electrons. The van der Waals surface area contributed by atoms with E-state index >= 15 is 0 Å². The van der Waals surface area contributed by atoms with Crippen LogP contribution in [0.15, 0.2) is 97.3 Å². The summed E-state index contributed by atoms with van der Waals surface area (Å²) in [5, 5.41) is 0. The lowest BCUT2D eigenvalue weighted by molar-refractivity contribution is 0.522. The van der Waals surface area contributed by atoms with Gasteiger partial charge in [-0.3, -0.25) is 4.98 Å². The van der Waals surface area contributed by atoms with Crippen LogP contribution in [0.1, 0.15) is 51.3 Å². The van der Waals surface area contributed by atoms with Crippen LogP contribution in [0, 0.1) is 0 Å². The molecule has 162 valence electrons. The maximum absolute atomic E-state index is 4.28. The van der Waals surface area contributed by atoms with Crippen molar-refractivity contribution in [1.29, 1.82) is 0 Å². The lowest BCUT2D eigenvalue weighted by atomic mass is 9.78. The van der Waals surface area contributed by atoms with Crippen molar-refractivity contribution in [1.82, 2.24) is 4.98 Å². The monoisotopic (exact) mass is 419 g/mol. The second kappa shape index (κ2) is 8.74. The standard InChI is InChI=1S/C31H33N/c1-30(2,3)28-15-7-12-25(19-28)24-11-6-10-23(18-24)21-31(4,5)29-16-8-13-26(20-29)27-14-9-17-32-22-27/h6-20,22H,21H2,1-5H3. The van der Waals surface area contributed by atoms with E-state index in [1.54, 1.807) is 0 Å². The van der Waals surface area contributed by atoms with Crippen molar-refractivity contribution in [3.05, 3.63) is 114 Å². The van der Waals surface area contributed by atoms with E-state index in [0.29, 0.717) is 0 Å². The largest absolute Gasteiger partial charge is 0.264 e. The number of hydrogen-bond donors (Lipinski definition) is 0. The highest BCUT2D eigenvalue weighted by atomic mass is 14.6. The van der Waals surface area contributed by atoms with E-state index in [0.717, 1.165) is 12.0 Å². The van der Waals surface area contributed by atoms with Crippen molar-refractivity contribution in [2.75, 3.05) is 0 Å². The Bertz CT molecular complexity index is 1200. The smallest absolute Gasteiger partial charge is 0.0346 e. The third kappa shape index (κ3) is 4.99. The highest BCUT2D eigenvalue weighted by Gasteiger charge is 2.22. The minimum absolute atomic E-state index is 0.0180. The summed E-state index contributed by atoms with van der Waals surface area (Å²) in [5.41, 5.74) is 9.19. The molecule has 0 saturated heterocycles. The molecule has 3 aromatic carbocycles. The Kier molecular flexibility index (Phi) is 6.02. The fourth-order valence-corrected chi connectivity index (χ4v) is 4.29. The number of nitrogens with zero attached hydrogens (tertiary/aromatic N) is 1. The number of benzene rings is 3. The Labute approximate surface area is 193 Å². The van der Waals surface area contributed by atoms with Crippen LogP contribution in [0.25, 0.3) is 22.3 Å². The third-order valence-electron chi connectivity index (χ3n) is 6.27. The van der Waals surface area contributed by atoms with Crippen LogP contribution < -0.4 is 0 Å². The minimum Gasteiger partial charge on any atom is -0.264 e. The van der Waals surface area contributed by atoms with Crippen molar-refractivity contribution in [2.24, 2.45) is 0 Å². The number of pyridine rings is 1. The van der Waals surface area contributed by atoms with Crippen LogP contribution in [0.2, 0.25) is 0 Å². The Hall–Kier alpha value is -3.19. The van der Waals surface area contributed by atoms with Gasteiger partial charge in [0, 0.05) is 12.4 Å². The van der Waals surface area contributed by atoms with Gasteiger partial charge in [0.25, 0.3) is 0 Å². The van der Waals surface area contributed by atoms with E-state index in [1.807, 2.05) is 18.5 Å². The zero-order chi connectivity index (χ0) is 22.8. The van der Waals surface area contributed by atoms with Crippen LogP contribution in [-0.4, -0.2) is 4.98 Å². The molecule has 1 nitrogen and oxygen atoms in total. The summed E-state index contributed by atoms with van der Waals surface area (Å²) in [6.07, 6.45) is 4.74. The molecule has 0 saturated carbocycles. The molecular weight excluding hydrogens is 386 g/mol. The number of rotatable bonds is 5. The van der Waals surface area contributed by atoms with E-state index in [4.69, 9.17) is 0 Å². The number of hydrogen-bond acceptors (Lipinski definition) is 1. The molecule has 0 aliphatic rings. The average molecular weight is 420 g/mol. The molecule has 1 heterocycles. The predicted octanol–water partition coefficient (Wildman–Crippen LogP) is 8.23. The highest BCUT2D eigenvalue weighted by molar-refractivity contribution is 5.66. The molecule has 0 aliphatic heterocycles. The molecule has 0 N–H and O–H groups in total. The highest BCUT2D eigenvalue weighted by Crippen LogP contribution is 2.33. The second-order valence-electron chi connectivity index (χ2n) is 10.4. The summed E-state index contributed by atoms with van der Waals surface area (Å²) < 4.78 is 0. The lowest BCUT2D eigenvalue weighted by Gasteiger charge is -2.26. The van der Waals surface area contributed by atoms with Gasteiger partial charge in [-0.1, -0.05) is 113 Å². The Morgan fingerprint density at radius 1 is 0.594 bits per heavy atom. The Balaban J connectivity index is 1.61. The summed E-state index contributed by atoms with van der Waals surface area (Å²) in [5.74, 6) is 0. The van der Waals surface area contributed by atoms with Gasteiger partial charge < -0.3 is 0 Å². The fourth-order valence-electron chi connectivity index (χ4n) is 4.29. The normalized spacial score (nSPS) is 12.0. The molecular formula is C31H33N. The van der Waals surface area contributed by atoms with Gasteiger partial charge in [0.2, 0.25) is 0 Å². The summed E-state index contributed by atoms with van der Waals surface area (Å²) >= 11 is 0. The molecule has 0 bridgehead atoms. The van der Waals surface area contributed by atoms with Gasteiger partial charge in [0.1, 0.15) is 0 Å². The van der Waals surface area contributed by atoms with Crippen LogP contribution in [0.3, 0.4) is 0 Å². The molecule has 4 rings (SSSR count). The molecule has 0 fully saturated rings. The maximum Gasteiger partial charge on any atom is 0.0346 e. The van der Waals surface area contributed by atoms with Gasteiger partial charge in [-0.2, -0.15) is 0 Å². The predicted molar refractivity (Wildman–Crippen MR) is 137 cm³/mol. The van der Waals surface area contributed by atoms with Gasteiger partial charge in [-0.05, 0) is 62.3 Å². The fraction of sp³-hybridized carbons (Fsp3) is 0.258. The molecule has 0 spiro atoms. The zero-order valence-electron chi connectivity index (χ0n) is 19.9. The summed E-state index contributed by atoms with van der Waals surface area (Å²) in [6.45, 7) is 11.5. The lowest BCUT2D eigenvalue weighted by Crippen LogP contribution is -2.20.